The third kappa shape index (κ3) is 4.52. The molecule has 2 aromatic carbocycles. The molecule has 0 saturated carbocycles. The SMILES string of the molecule is CCOC(=O)c1oc2ccccc2c1COC(=O)COc1ccc(CC)cc1. The highest BCUT2D eigenvalue weighted by Gasteiger charge is 2.22. The molecule has 146 valence electrons. The van der Waals surface area contributed by atoms with Crippen LogP contribution in [0, 0.1) is 0 Å². The molecule has 0 fully saturated rings. The van der Waals surface area contributed by atoms with Crippen molar-refractivity contribution in [1.82, 2.24) is 0 Å². The molecule has 0 saturated heterocycles. The number of hydrogen-bond donors (Lipinski definition) is 0. The molecule has 0 unspecified atom stereocenters. The molecule has 28 heavy (non-hydrogen) atoms. The average molecular weight is 382 g/mol. The van der Waals surface area contributed by atoms with Gasteiger partial charge in [-0.25, -0.2) is 9.59 Å². The molecule has 0 N–H and O–H groups in total. The molecule has 0 spiro atoms. The van der Waals surface area contributed by atoms with Crippen LogP contribution in [0.4, 0.5) is 0 Å². The average Bonchev–Trinajstić information content (AvgIpc) is 3.10. The highest BCUT2D eigenvalue weighted by atomic mass is 16.6. The summed E-state index contributed by atoms with van der Waals surface area (Å²) >= 11 is 0. The van der Waals surface area contributed by atoms with Crippen LogP contribution in [0.3, 0.4) is 0 Å². The summed E-state index contributed by atoms with van der Waals surface area (Å²) in [7, 11) is 0. The van der Waals surface area contributed by atoms with E-state index in [9.17, 15) is 9.59 Å². The van der Waals surface area contributed by atoms with Crippen LogP contribution in [0.15, 0.2) is 52.9 Å². The van der Waals surface area contributed by atoms with Gasteiger partial charge in [-0.1, -0.05) is 37.3 Å². The van der Waals surface area contributed by atoms with E-state index in [1.807, 2.05) is 30.3 Å². The second kappa shape index (κ2) is 9.08. The second-order valence-electron chi connectivity index (χ2n) is 6.07. The third-order valence-corrected chi connectivity index (χ3v) is 4.22. The maximum absolute atomic E-state index is 12.2. The van der Waals surface area contributed by atoms with Crippen molar-refractivity contribution in [3.05, 3.63) is 65.4 Å². The third-order valence-electron chi connectivity index (χ3n) is 4.22. The number of aryl methyl sites for hydroxylation is 1. The zero-order valence-corrected chi connectivity index (χ0v) is 15.9. The highest BCUT2D eigenvalue weighted by Crippen LogP contribution is 2.27. The minimum atomic E-state index is -0.586. The first-order chi connectivity index (χ1) is 13.6. The van der Waals surface area contributed by atoms with E-state index in [2.05, 4.69) is 6.92 Å². The van der Waals surface area contributed by atoms with E-state index < -0.39 is 11.9 Å². The normalized spacial score (nSPS) is 10.6. The Kier molecular flexibility index (Phi) is 6.32. The van der Waals surface area contributed by atoms with Gasteiger partial charge in [0.05, 0.1) is 12.2 Å². The van der Waals surface area contributed by atoms with Gasteiger partial charge in [-0.05, 0) is 37.1 Å². The predicted molar refractivity (Wildman–Crippen MR) is 103 cm³/mol. The van der Waals surface area contributed by atoms with Crippen molar-refractivity contribution in [2.45, 2.75) is 26.9 Å². The first-order valence-electron chi connectivity index (χ1n) is 9.17. The van der Waals surface area contributed by atoms with Gasteiger partial charge in [0, 0.05) is 5.39 Å². The van der Waals surface area contributed by atoms with Gasteiger partial charge in [-0.15, -0.1) is 0 Å². The van der Waals surface area contributed by atoms with Crippen molar-refractivity contribution in [2.75, 3.05) is 13.2 Å². The number of ether oxygens (including phenoxy) is 3. The van der Waals surface area contributed by atoms with Gasteiger partial charge in [0.1, 0.15) is 17.9 Å². The maximum atomic E-state index is 12.2. The Morgan fingerprint density at radius 3 is 2.43 bits per heavy atom. The van der Waals surface area contributed by atoms with Gasteiger partial charge >= 0.3 is 11.9 Å². The fourth-order valence-electron chi connectivity index (χ4n) is 2.76. The van der Waals surface area contributed by atoms with Gasteiger partial charge in [0.25, 0.3) is 0 Å². The minimum absolute atomic E-state index is 0.0481. The number of fused-ring (bicyclic) bond motifs is 1. The summed E-state index contributed by atoms with van der Waals surface area (Å²) in [5.74, 6) is -0.487. The lowest BCUT2D eigenvalue weighted by molar-refractivity contribution is -0.147. The van der Waals surface area contributed by atoms with Crippen LogP contribution in [-0.2, 0) is 27.3 Å². The Bertz CT molecular complexity index is 955. The quantitative estimate of drug-likeness (QED) is 0.541. The van der Waals surface area contributed by atoms with E-state index in [-0.39, 0.29) is 25.6 Å². The standard InChI is InChI=1S/C22H22O6/c1-3-15-9-11-16(12-10-15)26-14-20(23)27-13-18-17-7-5-6-8-19(17)28-21(18)22(24)25-4-2/h5-12H,3-4,13-14H2,1-2H3. The lowest BCUT2D eigenvalue weighted by Crippen LogP contribution is -2.15. The van der Waals surface area contributed by atoms with Gasteiger partial charge in [-0.2, -0.15) is 0 Å². The summed E-state index contributed by atoms with van der Waals surface area (Å²) in [5.41, 5.74) is 2.20. The molecule has 0 amide bonds. The number of rotatable bonds is 8. The summed E-state index contributed by atoms with van der Waals surface area (Å²) in [6, 6.07) is 14.7. The molecule has 0 radical (unpaired) electrons. The molecule has 0 aliphatic rings. The fourth-order valence-corrected chi connectivity index (χ4v) is 2.76. The predicted octanol–water partition coefficient (Wildman–Crippen LogP) is 4.29. The molecule has 6 heteroatoms. The fraction of sp³-hybridized carbons (Fsp3) is 0.273. The zero-order valence-electron chi connectivity index (χ0n) is 15.9. The Morgan fingerprint density at radius 2 is 1.71 bits per heavy atom. The molecule has 0 aliphatic heterocycles. The van der Waals surface area contributed by atoms with E-state index in [1.165, 1.54) is 5.56 Å². The molecular formula is C22H22O6. The number of carbonyl (C=O) groups is 2. The maximum Gasteiger partial charge on any atom is 0.374 e. The van der Waals surface area contributed by atoms with Gasteiger partial charge < -0.3 is 18.6 Å². The summed E-state index contributed by atoms with van der Waals surface area (Å²) in [6.07, 6.45) is 0.934. The van der Waals surface area contributed by atoms with E-state index in [1.54, 1.807) is 25.1 Å². The van der Waals surface area contributed by atoms with Crippen LogP contribution < -0.4 is 4.74 Å². The largest absolute Gasteiger partial charge is 0.482 e. The van der Waals surface area contributed by atoms with Crippen molar-refractivity contribution in [3.8, 4) is 5.75 Å². The molecule has 3 rings (SSSR count). The van der Waals surface area contributed by atoms with Crippen molar-refractivity contribution in [3.63, 3.8) is 0 Å². The lowest BCUT2D eigenvalue weighted by Gasteiger charge is -2.08. The molecule has 3 aromatic rings. The van der Waals surface area contributed by atoms with Crippen molar-refractivity contribution in [1.29, 1.82) is 0 Å². The van der Waals surface area contributed by atoms with Crippen molar-refractivity contribution < 1.29 is 28.2 Å². The second-order valence-corrected chi connectivity index (χ2v) is 6.07. The summed E-state index contributed by atoms with van der Waals surface area (Å²) in [4.78, 5) is 24.2. The summed E-state index contributed by atoms with van der Waals surface area (Å²) in [5, 5.41) is 0.703. The highest BCUT2D eigenvalue weighted by molar-refractivity contribution is 5.96. The molecule has 1 aromatic heterocycles. The van der Waals surface area contributed by atoms with E-state index in [0.717, 1.165) is 6.42 Å². The first-order valence-corrected chi connectivity index (χ1v) is 9.17. The Hall–Kier alpha value is -3.28. The Morgan fingerprint density at radius 1 is 0.964 bits per heavy atom. The van der Waals surface area contributed by atoms with Crippen LogP contribution in [0.25, 0.3) is 11.0 Å². The zero-order chi connectivity index (χ0) is 19.9. The number of carbonyl (C=O) groups excluding carboxylic acids is 2. The van der Waals surface area contributed by atoms with Crippen LogP contribution in [-0.4, -0.2) is 25.2 Å². The van der Waals surface area contributed by atoms with Gasteiger partial charge in [0.2, 0.25) is 5.76 Å². The number of furan rings is 1. The molecule has 0 aliphatic carbocycles. The first kappa shape index (κ1) is 19.5. The van der Waals surface area contributed by atoms with E-state index in [0.29, 0.717) is 22.3 Å². The molecule has 0 bridgehead atoms. The van der Waals surface area contributed by atoms with Gasteiger partial charge in [0.15, 0.2) is 6.61 Å². The molecular weight excluding hydrogens is 360 g/mol. The molecule has 0 atom stereocenters. The monoisotopic (exact) mass is 382 g/mol. The molecule has 1 heterocycles. The number of hydrogen-bond acceptors (Lipinski definition) is 6. The van der Waals surface area contributed by atoms with Crippen LogP contribution in [0.2, 0.25) is 0 Å². The van der Waals surface area contributed by atoms with Crippen LogP contribution in [0.5, 0.6) is 5.75 Å². The van der Waals surface area contributed by atoms with Crippen LogP contribution >= 0.6 is 0 Å². The van der Waals surface area contributed by atoms with Crippen molar-refractivity contribution >= 4 is 22.9 Å². The van der Waals surface area contributed by atoms with E-state index >= 15 is 0 Å². The van der Waals surface area contributed by atoms with Crippen molar-refractivity contribution in [2.24, 2.45) is 0 Å². The number of esters is 2. The Labute approximate surface area is 163 Å². The lowest BCUT2D eigenvalue weighted by atomic mass is 10.1. The minimum Gasteiger partial charge on any atom is -0.482 e. The smallest absolute Gasteiger partial charge is 0.374 e. The summed E-state index contributed by atoms with van der Waals surface area (Å²) < 4.78 is 21.4. The topological polar surface area (TPSA) is 75.0 Å². The number of para-hydroxylation sites is 1. The number of benzene rings is 2. The van der Waals surface area contributed by atoms with E-state index in [4.69, 9.17) is 18.6 Å². The van der Waals surface area contributed by atoms with Gasteiger partial charge in [-0.3, -0.25) is 0 Å². The van der Waals surface area contributed by atoms with Crippen LogP contribution in [0.1, 0.15) is 35.5 Å². The molecule has 6 nitrogen and oxygen atoms in total. The summed E-state index contributed by atoms with van der Waals surface area (Å²) in [6.45, 7) is 3.67. The Balaban J connectivity index is 1.65.